The van der Waals surface area contributed by atoms with Crippen LogP contribution in [0.25, 0.3) is 5.57 Å². The Morgan fingerprint density at radius 1 is 1.25 bits per heavy atom. The topological polar surface area (TPSA) is 30.5 Å². The summed E-state index contributed by atoms with van der Waals surface area (Å²) in [6.07, 6.45) is 3.28. The molecule has 112 valence electrons. The fraction of sp³-hybridized carbons (Fsp3) is 0.529. The summed E-state index contributed by atoms with van der Waals surface area (Å²) in [5, 5.41) is 3.42. The van der Waals surface area contributed by atoms with Crippen LogP contribution in [0.5, 0.6) is 5.75 Å². The summed E-state index contributed by atoms with van der Waals surface area (Å²) < 4.78 is 10.8. The van der Waals surface area contributed by atoms with Gasteiger partial charge in [0, 0.05) is 18.7 Å². The SMILES string of the molecule is COCCOc1ccccc1/C(C)=C/CCNC(C)C. The average molecular weight is 277 g/mol. The van der Waals surface area contributed by atoms with E-state index in [1.807, 2.05) is 18.2 Å². The summed E-state index contributed by atoms with van der Waals surface area (Å²) >= 11 is 0. The molecule has 3 nitrogen and oxygen atoms in total. The summed E-state index contributed by atoms with van der Waals surface area (Å²) in [6.45, 7) is 8.64. The first-order valence-corrected chi connectivity index (χ1v) is 7.26. The maximum absolute atomic E-state index is 5.76. The summed E-state index contributed by atoms with van der Waals surface area (Å²) in [4.78, 5) is 0. The van der Waals surface area contributed by atoms with Crippen LogP contribution < -0.4 is 10.1 Å². The molecule has 0 radical (unpaired) electrons. The van der Waals surface area contributed by atoms with E-state index < -0.39 is 0 Å². The van der Waals surface area contributed by atoms with Crippen molar-refractivity contribution in [3.8, 4) is 5.75 Å². The third-order valence-corrected chi connectivity index (χ3v) is 3.00. The first-order valence-electron chi connectivity index (χ1n) is 7.26. The van der Waals surface area contributed by atoms with Crippen LogP contribution in [0.2, 0.25) is 0 Å². The number of nitrogens with one attached hydrogen (secondary N) is 1. The fourth-order valence-electron chi connectivity index (χ4n) is 1.92. The zero-order valence-corrected chi connectivity index (χ0v) is 13.1. The molecule has 0 atom stereocenters. The molecular weight excluding hydrogens is 250 g/mol. The summed E-state index contributed by atoms with van der Waals surface area (Å²) in [7, 11) is 1.68. The maximum atomic E-state index is 5.76. The Balaban J connectivity index is 2.61. The molecule has 0 saturated carbocycles. The Morgan fingerprint density at radius 2 is 2.00 bits per heavy atom. The van der Waals surface area contributed by atoms with Gasteiger partial charge in [-0.25, -0.2) is 0 Å². The van der Waals surface area contributed by atoms with Crippen molar-refractivity contribution < 1.29 is 9.47 Å². The van der Waals surface area contributed by atoms with Gasteiger partial charge in [0.2, 0.25) is 0 Å². The molecule has 20 heavy (non-hydrogen) atoms. The average Bonchev–Trinajstić information content (AvgIpc) is 2.44. The van der Waals surface area contributed by atoms with Crippen LogP contribution in [0.15, 0.2) is 30.3 Å². The Kier molecular flexibility index (Phi) is 8.00. The fourth-order valence-corrected chi connectivity index (χ4v) is 1.92. The van der Waals surface area contributed by atoms with E-state index in [1.165, 1.54) is 5.57 Å². The second-order valence-electron chi connectivity index (χ2n) is 5.12. The van der Waals surface area contributed by atoms with Gasteiger partial charge in [0.05, 0.1) is 6.61 Å². The number of rotatable bonds is 9. The lowest BCUT2D eigenvalue weighted by Crippen LogP contribution is -2.23. The van der Waals surface area contributed by atoms with Crippen molar-refractivity contribution in [2.45, 2.75) is 33.2 Å². The highest BCUT2D eigenvalue weighted by atomic mass is 16.5. The minimum atomic E-state index is 0.536. The molecule has 0 bridgehead atoms. The van der Waals surface area contributed by atoms with Crippen LogP contribution >= 0.6 is 0 Å². The van der Waals surface area contributed by atoms with Gasteiger partial charge in [-0.2, -0.15) is 0 Å². The maximum Gasteiger partial charge on any atom is 0.126 e. The molecule has 1 aromatic carbocycles. The summed E-state index contributed by atoms with van der Waals surface area (Å²) in [5.74, 6) is 0.926. The number of hydrogen-bond donors (Lipinski definition) is 1. The van der Waals surface area contributed by atoms with E-state index in [9.17, 15) is 0 Å². The molecule has 0 saturated heterocycles. The molecule has 0 aliphatic heterocycles. The highest BCUT2D eigenvalue weighted by Gasteiger charge is 2.04. The molecule has 1 aromatic rings. The quantitative estimate of drug-likeness (QED) is 0.701. The zero-order valence-electron chi connectivity index (χ0n) is 13.1. The van der Waals surface area contributed by atoms with E-state index in [0.717, 1.165) is 24.3 Å². The standard InChI is InChI=1S/C17H27NO2/c1-14(2)18-11-7-8-15(3)16-9-5-6-10-17(16)20-13-12-19-4/h5-6,8-10,14,18H,7,11-13H2,1-4H3/b15-8+. The van der Waals surface area contributed by atoms with Crippen molar-refractivity contribution in [1.29, 1.82) is 0 Å². The van der Waals surface area contributed by atoms with Crippen LogP contribution in [-0.2, 0) is 4.74 Å². The summed E-state index contributed by atoms with van der Waals surface area (Å²) in [5.41, 5.74) is 2.41. The van der Waals surface area contributed by atoms with Crippen LogP contribution in [0.1, 0.15) is 32.8 Å². The Hall–Kier alpha value is -1.32. The Labute approximate surface area is 123 Å². The van der Waals surface area contributed by atoms with Gasteiger partial charge in [0.25, 0.3) is 0 Å². The van der Waals surface area contributed by atoms with Crippen molar-refractivity contribution in [3.63, 3.8) is 0 Å². The molecule has 0 aliphatic rings. The zero-order chi connectivity index (χ0) is 14.8. The molecule has 3 heteroatoms. The van der Waals surface area contributed by atoms with Gasteiger partial charge in [0.15, 0.2) is 0 Å². The van der Waals surface area contributed by atoms with E-state index >= 15 is 0 Å². The van der Waals surface area contributed by atoms with Gasteiger partial charge in [-0.3, -0.25) is 0 Å². The first kappa shape index (κ1) is 16.7. The van der Waals surface area contributed by atoms with E-state index in [0.29, 0.717) is 19.3 Å². The van der Waals surface area contributed by atoms with Crippen molar-refractivity contribution >= 4 is 5.57 Å². The predicted octanol–water partition coefficient (Wildman–Crippen LogP) is 3.50. The number of para-hydroxylation sites is 1. The van der Waals surface area contributed by atoms with E-state index in [1.54, 1.807) is 7.11 Å². The lowest BCUT2D eigenvalue weighted by Gasteiger charge is -2.12. The molecule has 0 amide bonds. The van der Waals surface area contributed by atoms with Crippen molar-refractivity contribution in [1.82, 2.24) is 5.32 Å². The molecule has 1 N–H and O–H groups in total. The number of ether oxygens (including phenoxy) is 2. The lowest BCUT2D eigenvalue weighted by atomic mass is 10.1. The monoisotopic (exact) mass is 277 g/mol. The van der Waals surface area contributed by atoms with Gasteiger partial charge < -0.3 is 14.8 Å². The van der Waals surface area contributed by atoms with Crippen molar-refractivity contribution in [2.24, 2.45) is 0 Å². The Bertz CT molecular complexity index is 413. The molecule has 0 aliphatic carbocycles. The van der Waals surface area contributed by atoms with Gasteiger partial charge >= 0.3 is 0 Å². The van der Waals surface area contributed by atoms with Crippen molar-refractivity contribution in [3.05, 3.63) is 35.9 Å². The highest BCUT2D eigenvalue weighted by Crippen LogP contribution is 2.25. The third kappa shape index (κ3) is 6.22. The van der Waals surface area contributed by atoms with Crippen LogP contribution in [0.3, 0.4) is 0 Å². The molecule has 0 fully saturated rings. The number of methoxy groups -OCH3 is 1. The largest absolute Gasteiger partial charge is 0.491 e. The molecule has 0 unspecified atom stereocenters. The first-order chi connectivity index (χ1) is 9.65. The van der Waals surface area contributed by atoms with E-state index in [-0.39, 0.29) is 0 Å². The number of benzene rings is 1. The van der Waals surface area contributed by atoms with Crippen molar-refractivity contribution in [2.75, 3.05) is 26.9 Å². The second-order valence-corrected chi connectivity index (χ2v) is 5.12. The second kappa shape index (κ2) is 9.56. The van der Waals surface area contributed by atoms with Crippen LogP contribution in [0.4, 0.5) is 0 Å². The minimum Gasteiger partial charge on any atom is -0.491 e. The lowest BCUT2D eigenvalue weighted by molar-refractivity contribution is 0.146. The minimum absolute atomic E-state index is 0.536. The van der Waals surface area contributed by atoms with E-state index in [4.69, 9.17) is 9.47 Å². The molecule has 0 spiro atoms. The normalized spacial score (nSPS) is 11.9. The smallest absolute Gasteiger partial charge is 0.126 e. The summed E-state index contributed by atoms with van der Waals surface area (Å²) in [6, 6.07) is 8.69. The Morgan fingerprint density at radius 3 is 2.70 bits per heavy atom. The van der Waals surface area contributed by atoms with Gasteiger partial charge in [0.1, 0.15) is 12.4 Å². The van der Waals surface area contributed by atoms with Crippen LogP contribution in [0, 0.1) is 0 Å². The number of allylic oxidation sites excluding steroid dienone is 1. The van der Waals surface area contributed by atoms with Gasteiger partial charge in [-0.1, -0.05) is 38.1 Å². The van der Waals surface area contributed by atoms with E-state index in [2.05, 4.69) is 38.2 Å². The number of hydrogen-bond acceptors (Lipinski definition) is 3. The van der Waals surface area contributed by atoms with Crippen LogP contribution in [-0.4, -0.2) is 32.9 Å². The van der Waals surface area contributed by atoms with Gasteiger partial charge in [-0.15, -0.1) is 0 Å². The highest BCUT2D eigenvalue weighted by molar-refractivity contribution is 5.68. The molecule has 0 aromatic heterocycles. The molecular formula is C17H27NO2. The molecule has 0 heterocycles. The third-order valence-electron chi connectivity index (χ3n) is 3.00. The van der Waals surface area contributed by atoms with Gasteiger partial charge in [-0.05, 0) is 31.5 Å². The molecule has 1 rings (SSSR count). The predicted molar refractivity (Wildman–Crippen MR) is 85.2 cm³/mol.